The van der Waals surface area contributed by atoms with Crippen molar-refractivity contribution in [2.75, 3.05) is 0 Å². The fourth-order valence-corrected chi connectivity index (χ4v) is 1.72. The summed E-state index contributed by atoms with van der Waals surface area (Å²) < 4.78 is 0. The van der Waals surface area contributed by atoms with Crippen molar-refractivity contribution in [1.82, 2.24) is 4.98 Å². The maximum Gasteiger partial charge on any atom is 0.0928 e. The number of hydrogen-bond acceptors (Lipinski definition) is 3. The first-order chi connectivity index (χ1) is 4.77. The number of nitrogens with zero attached hydrogens (tertiary/aromatic N) is 1. The fraction of sp³-hybridized carbons (Fsp3) is 0.571. The second-order valence-electron chi connectivity index (χ2n) is 2.17. The highest BCUT2D eigenvalue weighted by Crippen LogP contribution is 2.16. The van der Waals surface area contributed by atoms with Crippen LogP contribution in [0.15, 0.2) is 0 Å². The van der Waals surface area contributed by atoms with Gasteiger partial charge in [-0.25, -0.2) is 4.98 Å². The topological polar surface area (TPSA) is 38.9 Å². The third-order valence-corrected chi connectivity index (χ3v) is 2.75. The molecule has 0 atom stereocenters. The van der Waals surface area contributed by atoms with Crippen LogP contribution in [0.1, 0.15) is 22.5 Å². The van der Waals surface area contributed by atoms with Crippen molar-refractivity contribution >= 4 is 11.3 Å². The average Bonchev–Trinajstić information content (AvgIpc) is 2.30. The van der Waals surface area contributed by atoms with E-state index < -0.39 is 0 Å². The molecule has 0 spiro atoms. The van der Waals surface area contributed by atoms with Crippen LogP contribution >= 0.6 is 11.3 Å². The molecule has 0 unspecified atom stereocenters. The predicted molar refractivity (Wildman–Crippen MR) is 44.1 cm³/mol. The standard InChI is InChI=1S/C7H12N2S/c1-3-7-9-5(2)6(4-8)10-7/h3-4,8H2,1-2H3. The molecular weight excluding hydrogens is 144 g/mol. The molecule has 0 amide bonds. The molecule has 0 radical (unpaired) electrons. The van der Waals surface area contributed by atoms with E-state index >= 15 is 0 Å². The molecule has 2 N–H and O–H groups in total. The highest BCUT2D eigenvalue weighted by atomic mass is 32.1. The van der Waals surface area contributed by atoms with Gasteiger partial charge in [0, 0.05) is 11.4 Å². The monoisotopic (exact) mass is 156 g/mol. The summed E-state index contributed by atoms with van der Waals surface area (Å²) in [5, 5.41) is 1.19. The Labute approximate surface area is 65.1 Å². The number of aromatic nitrogens is 1. The van der Waals surface area contributed by atoms with Gasteiger partial charge in [0.2, 0.25) is 0 Å². The van der Waals surface area contributed by atoms with Crippen molar-refractivity contribution in [3.63, 3.8) is 0 Å². The molecule has 0 aliphatic heterocycles. The molecule has 0 fully saturated rings. The van der Waals surface area contributed by atoms with E-state index in [1.54, 1.807) is 11.3 Å². The second-order valence-corrected chi connectivity index (χ2v) is 3.34. The molecule has 0 bridgehead atoms. The van der Waals surface area contributed by atoms with Crippen LogP contribution in [-0.2, 0) is 13.0 Å². The normalized spacial score (nSPS) is 10.3. The van der Waals surface area contributed by atoms with Gasteiger partial charge in [0.05, 0.1) is 10.7 Å². The summed E-state index contributed by atoms with van der Waals surface area (Å²) in [4.78, 5) is 5.56. The first-order valence-corrected chi connectivity index (χ1v) is 4.24. The zero-order valence-electron chi connectivity index (χ0n) is 6.35. The van der Waals surface area contributed by atoms with E-state index in [0.717, 1.165) is 12.1 Å². The number of rotatable bonds is 2. The number of thiazole rings is 1. The summed E-state index contributed by atoms with van der Waals surface area (Å²) in [6.45, 7) is 4.75. The van der Waals surface area contributed by atoms with Crippen LogP contribution in [0.4, 0.5) is 0 Å². The summed E-state index contributed by atoms with van der Waals surface area (Å²) in [5.74, 6) is 0. The number of hydrogen-bond donors (Lipinski definition) is 1. The van der Waals surface area contributed by atoms with Crippen LogP contribution in [0, 0.1) is 6.92 Å². The first-order valence-electron chi connectivity index (χ1n) is 3.43. The van der Waals surface area contributed by atoms with E-state index in [1.807, 2.05) is 6.92 Å². The molecule has 1 aromatic rings. The van der Waals surface area contributed by atoms with Crippen LogP contribution in [0.2, 0.25) is 0 Å². The van der Waals surface area contributed by atoms with Crippen LogP contribution < -0.4 is 5.73 Å². The molecule has 56 valence electrons. The average molecular weight is 156 g/mol. The number of nitrogens with two attached hydrogens (primary N) is 1. The Balaban J connectivity index is 2.92. The lowest BCUT2D eigenvalue weighted by Crippen LogP contribution is -1.94. The highest BCUT2D eigenvalue weighted by Gasteiger charge is 2.02. The van der Waals surface area contributed by atoms with Crippen LogP contribution in [0.5, 0.6) is 0 Å². The summed E-state index contributed by atoms with van der Waals surface area (Å²) in [6.07, 6.45) is 1.02. The summed E-state index contributed by atoms with van der Waals surface area (Å²) >= 11 is 1.72. The van der Waals surface area contributed by atoms with Gasteiger partial charge >= 0.3 is 0 Å². The van der Waals surface area contributed by atoms with E-state index in [-0.39, 0.29) is 0 Å². The van der Waals surface area contributed by atoms with Crippen LogP contribution in [0.25, 0.3) is 0 Å². The van der Waals surface area contributed by atoms with Crippen molar-refractivity contribution in [1.29, 1.82) is 0 Å². The summed E-state index contributed by atoms with van der Waals surface area (Å²) in [7, 11) is 0. The predicted octanol–water partition coefficient (Wildman–Crippen LogP) is 1.47. The minimum absolute atomic E-state index is 0.628. The molecule has 0 saturated carbocycles. The van der Waals surface area contributed by atoms with Gasteiger partial charge in [-0.15, -0.1) is 11.3 Å². The van der Waals surface area contributed by atoms with Gasteiger partial charge in [-0.05, 0) is 13.3 Å². The molecular formula is C7H12N2S. The largest absolute Gasteiger partial charge is 0.326 e. The van der Waals surface area contributed by atoms with E-state index in [0.29, 0.717) is 6.54 Å². The van der Waals surface area contributed by atoms with Crippen molar-refractivity contribution in [2.24, 2.45) is 5.73 Å². The van der Waals surface area contributed by atoms with E-state index in [2.05, 4.69) is 11.9 Å². The molecule has 0 saturated heterocycles. The highest BCUT2D eigenvalue weighted by molar-refractivity contribution is 7.11. The lowest BCUT2D eigenvalue weighted by molar-refractivity contribution is 1.03. The van der Waals surface area contributed by atoms with Crippen molar-refractivity contribution in [3.05, 3.63) is 15.6 Å². The Morgan fingerprint density at radius 3 is 2.60 bits per heavy atom. The lowest BCUT2D eigenvalue weighted by atomic mass is 10.4. The maximum atomic E-state index is 5.49. The summed E-state index contributed by atoms with van der Waals surface area (Å²) in [6, 6.07) is 0. The van der Waals surface area contributed by atoms with E-state index in [4.69, 9.17) is 5.73 Å². The third kappa shape index (κ3) is 1.36. The van der Waals surface area contributed by atoms with E-state index in [1.165, 1.54) is 9.88 Å². The molecule has 1 heterocycles. The zero-order valence-corrected chi connectivity index (χ0v) is 7.16. The van der Waals surface area contributed by atoms with Crippen molar-refractivity contribution < 1.29 is 0 Å². The van der Waals surface area contributed by atoms with Gasteiger partial charge in [-0.3, -0.25) is 0 Å². The Morgan fingerprint density at radius 2 is 2.30 bits per heavy atom. The number of aryl methyl sites for hydroxylation is 2. The summed E-state index contributed by atoms with van der Waals surface area (Å²) in [5.41, 5.74) is 6.59. The van der Waals surface area contributed by atoms with Gasteiger partial charge in [0.15, 0.2) is 0 Å². The maximum absolute atomic E-state index is 5.49. The molecule has 10 heavy (non-hydrogen) atoms. The van der Waals surface area contributed by atoms with Crippen LogP contribution in [-0.4, -0.2) is 4.98 Å². The van der Waals surface area contributed by atoms with Gasteiger partial charge in [0.25, 0.3) is 0 Å². The molecule has 1 aromatic heterocycles. The minimum Gasteiger partial charge on any atom is -0.326 e. The molecule has 0 aliphatic rings. The smallest absolute Gasteiger partial charge is 0.0928 e. The lowest BCUT2D eigenvalue weighted by Gasteiger charge is -1.86. The van der Waals surface area contributed by atoms with E-state index in [9.17, 15) is 0 Å². The molecule has 1 rings (SSSR count). The molecule has 2 nitrogen and oxygen atoms in total. The Morgan fingerprint density at radius 1 is 1.60 bits per heavy atom. The van der Waals surface area contributed by atoms with Gasteiger partial charge < -0.3 is 5.73 Å². The molecule has 0 aliphatic carbocycles. The van der Waals surface area contributed by atoms with Gasteiger partial charge in [0.1, 0.15) is 0 Å². The molecule has 3 heteroatoms. The SMILES string of the molecule is CCc1nc(C)c(CN)s1. The quantitative estimate of drug-likeness (QED) is 0.704. The third-order valence-electron chi connectivity index (χ3n) is 1.42. The van der Waals surface area contributed by atoms with Gasteiger partial charge in [-0.2, -0.15) is 0 Å². The van der Waals surface area contributed by atoms with Crippen molar-refractivity contribution in [3.8, 4) is 0 Å². The zero-order chi connectivity index (χ0) is 7.56. The Bertz CT molecular complexity index is 217. The minimum atomic E-state index is 0.628. The first kappa shape index (κ1) is 7.69. The van der Waals surface area contributed by atoms with Crippen molar-refractivity contribution in [2.45, 2.75) is 26.8 Å². The Kier molecular flexibility index (Phi) is 2.40. The molecule has 0 aromatic carbocycles. The van der Waals surface area contributed by atoms with Crippen LogP contribution in [0.3, 0.4) is 0 Å². The fourth-order valence-electron chi connectivity index (χ4n) is 0.829. The second kappa shape index (κ2) is 3.12. The van der Waals surface area contributed by atoms with Gasteiger partial charge in [-0.1, -0.05) is 6.92 Å². The Hall–Kier alpha value is -0.410.